The van der Waals surface area contributed by atoms with Gasteiger partial charge in [0.2, 0.25) is 0 Å². The Morgan fingerprint density at radius 2 is 2.06 bits per heavy atom. The number of rotatable bonds is 4. The van der Waals surface area contributed by atoms with Crippen LogP contribution in [0.25, 0.3) is 0 Å². The van der Waals surface area contributed by atoms with Crippen LogP contribution < -0.4 is 0 Å². The van der Waals surface area contributed by atoms with Gasteiger partial charge in [-0.1, -0.05) is 13.8 Å². The molecule has 1 unspecified atom stereocenters. The van der Waals surface area contributed by atoms with E-state index in [1.165, 1.54) is 44.3 Å². The van der Waals surface area contributed by atoms with Crippen LogP contribution in [0, 0.1) is 11.8 Å². The van der Waals surface area contributed by atoms with Gasteiger partial charge in [-0.05, 0) is 50.0 Å². The van der Waals surface area contributed by atoms with Crippen molar-refractivity contribution in [1.82, 2.24) is 15.1 Å². The minimum atomic E-state index is 0.803. The average Bonchev–Trinajstić information content (AvgIpc) is 2.87. The molecule has 2 fully saturated rings. The lowest BCUT2D eigenvalue weighted by atomic mass is 9.87. The van der Waals surface area contributed by atoms with E-state index in [-0.39, 0.29) is 0 Å². The largest absolute Gasteiger partial charge is 0.297 e. The van der Waals surface area contributed by atoms with Crippen molar-refractivity contribution in [1.29, 1.82) is 0 Å². The minimum Gasteiger partial charge on any atom is -0.297 e. The standard InChI is InChI=1S/C15H25N3/c1-11(2)10-18-14-3-4-15(18)9-12(8-14)7-13-5-6-16-17-13/h5-6,11-12,14-15H,3-4,7-10H2,1-2H3,(H,16,17)/t12?,14-,15+. The maximum absolute atomic E-state index is 4.06. The first-order valence-corrected chi connectivity index (χ1v) is 7.46. The van der Waals surface area contributed by atoms with E-state index in [1.807, 2.05) is 6.20 Å². The lowest BCUT2D eigenvalue weighted by Crippen LogP contribution is -2.45. The van der Waals surface area contributed by atoms with Crippen LogP contribution in [0.3, 0.4) is 0 Å². The summed E-state index contributed by atoms with van der Waals surface area (Å²) in [5, 5.41) is 7.17. The Balaban J connectivity index is 1.61. The van der Waals surface area contributed by atoms with Gasteiger partial charge < -0.3 is 0 Å². The smallest absolute Gasteiger partial charge is 0.0490 e. The Morgan fingerprint density at radius 1 is 1.33 bits per heavy atom. The second-order valence-electron chi connectivity index (χ2n) is 6.60. The van der Waals surface area contributed by atoms with E-state index in [0.29, 0.717) is 0 Å². The van der Waals surface area contributed by atoms with E-state index >= 15 is 0 Å². The van der Waals surface area contributed by atoms with Crippen LogP contribution in [-0.2, 0) is 6.42 Å². The van der Waals surface area contributed by atoms with Crippen molar-refractivity contribution in [2.24, 2.45) is 11.8 Å². The maximum Gasteiger partial charge on any atom is 0.0490 e. The summed E-state index contributed by atoms with van der Waals surface area (Å²) in [6.45, 7) is 5.98. The minimum absolute atomic E-state index is 0.803. The molecule has 0 aliphatic carbocycles. The molecular formula is C15H25N3. The molecule has 3 heterocycles. The second kappa shape index (κ2) is 5.04. The zero-order valence-electron chi connectivity index (χ0n) is 11.6. The normalized spacial score (nSPS) is 32.3. The monoisotopic (exact) mass is 247 g/mol. The van der Waals surface area contributed by atoms with Crippen LogP contribution in [0.5, 0.6) is 0 Å². The molecule has 2 aliphatic rings. The third kappa shape index (κ3) is 2.46. The summed E-state index contributed by atoms with van der Waals surface area (Å²) in [6, 6.07) is 3.85. The summed E-state index contributed by atoms with van der Waals surface area (Å²) in [5.74, 6) is 1.67. The molecule has 0 spiro atoms. The average molecular weight is 247 g/mol. The molecule has 0 aromatic carbocycles. The van der Waals surface area contributed by atoms with Crippen molar-refractivity contribution in [2.45, 2.75) is 58.0 Å². The van der Waals surface area contributed by atoms with Crippen LogP contribution in [-0.4, -0.2) is 33.7 Å². The SMILES string of the molecule is CC(C)CN1[C@@H]2CC[C@H]1CC(Cc1ccn[nH]1)C2. The van der Waals surface area contributed by atoms with Crippen molar-refractivity contribution in [3.63, 3.8) is 0 Å². The molecule has 18 heavy (non-hydrogen) atoms. The number of hydrogen-bond acceptors (Lipinski definition) is 2. The number of nitrogens with one attached hydrogen (secondary N) is 1. The van der Waals surface area contributed by atoms with Crippen LogP contribution >= 0.6 is 0 Å². The summed E-state index contributed by atoms with van der Waals surface area (Å²) < 4.78 is 0. The third-order valence-corrected chi connectivity index (χ3v) is 4.62. The van der Waals surface area contributed by atoms with Gasteiger partial charge in [0, 0.05) is 30.5 Å². The Labute approximate surface area is 110 Å². The van der Waals surface area contributed by atoms with E-state index in [9.17, 15) is 0 Å². The molecule has 2 aliphatic heterocycles. The molecule has 3 nitrogen and oxygen atoms in total. The number of nitrogens with zero attached hydrogens (tertiary/aromatic N) is 2. The summed E-state index contributed by atoms with van der Waals surface area (Å²) >= 11 is 0. The van der Waals surface area contributed by atoms with Gasteiger partial charge in [-0.15, -0.1) is 0 Å². The zero-order chi connectivity index (χ0) is 12.5. The van der Waals surface area contributed by atoms with E-state index < -0.39 is 0 Å². The van der Waals surface area contributed by atoms with Gasteiger partial charge >= 0.3 is 0 Å². The molecule has 100 valence electrons. The van der Waals surface area contributed by atoms with Crippen molar-refractivity contribution >= 4 is 0 Å². The second-order valence-corrected chi connectivity index (χ2v) is 6.60. The molecule has 3 heteroatoms. The van der Waals surface area contributed by atoms with Crippen molar-refractivity contribution in [3.05, 3.63) is 18.0 Å². The van der Waals surface area contributed by atoms with Crippen molar-refractivity contribution in [2.75, 3.05) is 6.54 Å². The Kier molecular flexibility index (Phi) is 3.42. The van der Waals surface area contributed by atoms with Crippen molar-refractivity contribution in [3.8, 4) is 0 Å². The number of H-pyrrole nitrogens is 1. The molecule has 0 radical (unpaired) electrons. The summed E-state index contributed by atoms with van der Waals surface area (Å²) in [5.41, 5.74) is 1.32. The van der Waals surface area contributed by atoms with Gasteiger partial charge in [-0.2, -0.15) is 5.10 Å². The van der Waals surface area contributed by atoms with Gasteiger partial charge in [0.05, 0.1) is 0 Å². The van der Waals surface area contributed by atoms with Gasteiger partial charge in [0.15, 0.2) is 0 Å². The Morgan fingerprint density at radius 3 is 2.61 bits per heavy atom. The molecule has 1 aromatic heterocycles. The van der Waals surface area contributed by atoms with Crippen LogP contribution in [0.1, 0.15) is 45.2 Å². The molecule has 2 bridgehead atoms. The number of fused-ring (bicyclic) bond motifs is 2. The van der Waals surface area contributed by atoms with Gasteiger partial charge in [0.25, 0.3) is 0 Å². The lowest BCUT2D eigenvalue weighted by molar-refractivity contribution is 0.0908. The fourth-order valence-corrected chi connectivity index (χ4v) is 3.98. The van der Waals surface area contributed by atoms with Gasteiger partial charge in [-0.3, -0.25) is 10.00 Å². The van der Waals surface area contributed by atoms with E-state index in [0.717, 1.165) is 23.9 Å². The Hall–Kier alpha value is -0.830. The first-order valence-electron chi connectivity index (χ1n) is 7.46. The van der Waals surface area contributed by atoms with Crippen LogP contribution in [0.2, 0.25) is 0 Å². The number of aromatic nitrogens is 2. The molecule has 0 saturated carbocycles. The van der Waals surface area contributed by atoms with Crippen LogP contribution in [0.4, 0.5) is 0 Å². The number of aromatic amines is 1. The third-order valence-electron chi connectivity index (χ3n) is 4.62. The maximum atomic E-state index is 4.06. The highest BCUT2D eigenvalue weighted by atomic mass is 15.2. The van der Waals surface area contributed by atoms with E-state index in [1.54, 1.807) is 0 Å². The highest BCUT2D eigenvalue weighted by molar-refractivity contribution is 5.03. The van der Waals surface area contributed by atoms with Crippen molar-refractivity contribution < 1.29 is 0 Å². The fraction of sp³-hybridized carbons (Fsp3) is 0.800. The molecule has 3 rings (SSSR count). The molecule has 1 aromatic rings. The molecular weight excluding hydrogens is 222 g/mol. The Bertz CT molecular complexity index is 357. The highest BCUT2D eigenvalue weighted by Gasteiger charge is 2.40. The van der Waals surface area contributed by atoms with Crippen LogP contribution in [0.15, 0.2) is 12.3 Å². The fourth-order valence-electron chi connectivity index (χ4n) is 3.98. The summed E-state index contributed by atoms with van der Waals surface area (Å²) in [6.07, 6.45) is 8.71. The summed E-state index contributed by atoms with van der Waals surface area (Å²) in [7, 11) is 0. The zero-order valence-corrected chi connectivity index (χ0v) is 11.6. The molecule has 0 amide bonds. The highest BCUT2D eigenvalue weighted by Crippen LogP contribution is 2.39. The number of hydrogen-bond donors (Lipinski definition) is 1. The van der Waals surface area contributed by atoms with E-state index in [2.05, 4.69) is 35.0 Å². The topological polar surface area (TPSA) is 31.9 Å². The van der Waals surface area contributed by atoms with Gasteiger partial charge in [-0.25, -0.2) is 0 Å². The molecule has 2 saturated heterocycles. The quantitative estimate of drug-likeness (QED) is 0.887. The lowest BCUT2D eigenvalue weighted by Gasteiger charge is -2.39. The van der Waals surface area contributed by atoms with Gasteiger partial charge in [0.1, 0.15) is 0 Å². The summed E-state index contributed by atoms with van der Waals surface area (Å²) in [4.78, 5) is 2.80. The molecule has 3 atom stereocenters. The predicted molar refractivity (Wildman–Crippen MR) is 73.4 cm³/mol. The first-order chi connectivity index (χ1) is 8.72. The first kappa shape index (κ1) is 12.2. The number of piperidine rings is 1. The molecule has 1 N–H and O–H groups in total. The van der Waals surface area contributed by atoms with E-state index in [4.69, 9.17) is 0 Å². The predicted octanol–water partition coefficient (Wildman–Crippen LogP) is 2.85.